The number of hydrogen-bond donors (Lipinski definition) is 2. The zero-order valence-corrected chi connectivity index (χ0v) is 11.3. The van der Waals surface area contributed by atoms with Gasteiger partial charge in [-0.05, 0) is 26.7 Å². The molecule has 1 atom stereocenters. The van der Waals surface area contributed by atoms with E-state index in [2.05, 4.69) is 5.32 Å². The lowest BCUT2D eigenvalue weighted by atomic mass is 10.0. The number of nitrogens with one attached hydrogen (secondary N) is 1. The fourth-order valence-corrected chi connectivity index (χ4v) is 2.44. The van der Waals surface area contributed by atoms with Crippen LogP contribution in [0.25, 0.3) is 0 Å². The maximum atomic E-state index is 12.2. The van der Waals surface area contributed by atoms with E-state index in [9.17, 15) is 14.4 Å². The highest BCUT2D eigenvalue weighted by Gasteiger charge is 2.46. The SMILES string of the molecule is CC1(C)C(=O)NC(=O)N1CC(=O)N1CCCC(N)C1. The second-order valence-corrected chi connectivity index (χ2v) is 5.65. The summed E-state index contributed by atoms with van der Waals surface area (Å²) in [6, 6.07) is -0.510. The number of carbonyl (C=O) groups excluding carboxylic acids is 3. The number of amides is 4. The number of rotatable bonds is 2. The van der Waals surface area contributed by atoms with Crippen molar-refractivity contribution in [1.82, 2.24) is 15.1 Å². The van der Waals surface area contributed by atoms with Crippen LogP contribution in [0.3, 0.4) is 0 Å². The first-order valence-electron chi connectivity index (χ1n) is 6.49. The molecular weight excluding hydrogens is 248 g/mol. The molecule has 7 nitrogen and oxygen atoms in total. The van der Waals surface area contributed by atoms with E-state index in [1.165, 1.54) is 4.90 Å². The first-order valence-corrected chi connectivity index (χ1v) is 6.49. The van der Waals surface area contributed by atoms with Gasteiger partial charge in [0.2, 0.25) is 5.91 Å². The molecular formula is C12H20N4O3. The molecule has 2 heterocycles. The molecule has 2 aliphatic heterocycles. The van der Waals surface area contributed by atoms with E-state index < -0.39 is 11.6 Å². The number of likely N-dealkylation sites (tertiary alicyclic amines) is 1. The van der Waals surface area contributed by atoms with E-state index in [4.69, 9.17) is 5.73 Å². The summed E-state index contributed by atoms with van der Waals surface area (Å²) in [6.07, 6.45) is 1.79. The van der Waals surface area contributed by atoms with Crippen molar-refractivity contribution in [3.8, 4) is 0 Å². The lowest BCUT2D eigenvalue weighted by molar-refractivity contribution is -0.134. The lowest BCUT2D eigenvalue weighted by Crippen LogP contribution is -2.52. The second kappa shape index (κ2) is 4.80. The molecule has 1 unspecified atom stereocenters. The molecule has 0 spiro atoms. The van der Waals surface area contributed by atoms with E-state index in [1.807, 2.05) is 0 Å². The van der Waals surface area contributed by atoms with Crippen LogP contribution in [-0.4, -0.2) is 58.9 Å². The molecule has 3 N–H and O–H groups in total. The Bertz CT molecular complexity index is 421. The number of carbonyl (C=O) groups is 3. The zero-order chi connectivity index (χ0) is 14.2. The first-order chi connectivity index (χ1) is 8.82. The highest BCUT2D eigenvalue weighted by molar-refractivity contribution is 6.07. The van der Waals surface area contributed by atoms with Crippen molar-refractivity contribution >= 4 is 17.8 Å². The summed E-state index contributed by atoms with van der Waals surface area (Å²) in [5.74, 6) is -0.534. The first kappa shape index (κ1) is 13.8. The predicted molar refractivity (Wildman–Crippen MR) is 68.1 cm³/mol. The number of nitrogens with zero attached hydrogens (tertiary/aromatic N) is 2. The smallest absolute Gasteiger partial charge is 0.325 e. The van der Waals surface area contributed by atoms with Crippen molar-refractivity contribution in [1.29, 1.82) is 0 Å². The van der Waals surface area contributed by atoms with Gasteiger partial charge in [-0.2, -0.15) is 0 Å². The number of nitrogens with two attached hydrogens (primary N) is 1. The van der Waals surface area contributed by atoms with Gasteiger partial charge in [0.1, 0.15) is 12.1 Å². The van der Waals surface area contributed by atoms with Crippen LogP contribution in [0, 0.1) is 0 Å². The third-order valence-electron chi connectivity index (χ3n) is 3.80. The molecule has 4 amide bonds. The molecule has 0 aromatic rings. The molecule has 0 aromatic heterocycles. The normalized spacial score (nSPS) is 26.6. The quantitative estimate of drug-likeness (QED) is 0.645. The van der Waals surface area contributed by atoms with Gasteiger partial charge in [-0.1, -0.05) is 0 Å². The third-order valence-corrected chi connectivity index (χ3v) is 3.80. The molecule has 2 aliphatic rings. The molecule has 2 saturated heterocycles. The van der Waals surface area contributed by atoms with Crippen molar-refractivity contribution in [2.45, 2.75) is 38.3 Å². The van der Waals surface area contributed by atoms with Gasteiger partial charge in [0.25, 0.3) is 5.91 Å². The van der Waals surface area contributed by atoms with Crippen molar-refractivity contribution in [3.05, 3.63) is 0 Å². The molecule has 2 rings (SSSR count). The standard InChI is InChI=1S/C12H20N4O3/c1-12(2)10(18)14-11(19)16(12)7-9(17)15-5-3-4-8(13)6-15/h8H,3-7,13H2,1-2H3,(H,14,18,19). The maximum absolute atomic E-state index is 12.2. The minimum atomic E-state index is -0.982. The van der Waals surface area contributed by atoms with Gasteiger partial charge in [-0.25, -0.2) is 4.79 Å². The Hall–Kier alpha value is -1.63. The van der Waals surface area contributed by atoms with Gasteiger partial charge in [-0.15, -0.1) is 0 Å². The molecule has 19 heavy (non-hydrogen) atoms. The van der Waals surface area contributed by atoms with Crippen LogP contribution in [0.2, 0.25) is 0 Å². The van der Waals surface area contributed by atoms with Crippen LogP contribution >= 0.6 is 0 Å². The van der Waals surface area contributed by atoms with E-state index in [0.29, 0.717) is 13.1 Å². The molecule has 0 bridgehead atoms. The molecule has 0 aromatic carbocycles. The number of piperidine rings is 1. The van der Waals surface area contributed by atoms with E-state index in [0.717, 1.165) is 12.8 Å². The van der Waals surface area contributed by atoms with Gasteiger partial charge < -0.3 is 15.5 Å². The van der Waals surface area contributed by atoms with E-state index in [1.54, 1.807) is 18.7 Å². The number of imide groups is 1. The summed E-state index contributed by atoms with van der Waals surface area (Å²) < 4.78 is 0. The van der Waals surface area contributed by atoms with Crippen molar-refractivity contribution in [2.24, 2.45) is 5.73 Å². The van der Waals surface area contributed by atoms with Gasteiger partial charge in [0.15, 0.2) is 0 Å². The summed E-state index contributed by atoms with van der Waals surface area (Å²) in [5.41, 5.74) is 4.85. The number of urea groups is 1. The minimum Gasteiger partial charge on any atom is -0.340 e. The predicted octanol–water partition coefficient (Wildman–Crippen LogP) is -0.733. The highest BCUT2D eigenvalue weighted by Crippen LogP contribution is 2.21. The van der Waals surface area contributed by atoms with Crippen molar-refractivity contribution in [3.63, 3.8) is 0 Å². The largest absolute Gasteiger partial charge is 0.340 e. The monoisotopic (exact) mass is 268 g/mol. The Balaban J connectivity index is 2.02. The Kier molecular flexibility index (Phi) is 3.49. The summed E-state index contributed by atoms with van der Waals surface area (Å²) in [5, 5.41) is 2.23. The maximum Gasteiger partial charge on any atom is 0.325 e. The molecule has 0 aliphatic carbocycles. The lowest BCUT2D eigenvalue weighted by Gasteiger charge is -2.34. The average molecular weight is 268 g/mol. The fourth-order valence-electron chi connectivity index (χ4n) is 2.44. The van der Waals surface area contributed by atoms with E-state index in [-0.39, 0.29) is 24.4 Å². The highest BCUT2D eigenvalue weighted by atomic mass is 16.2. The van der Waals surface area contributed by atoms with Gasteiger partial charge in [0.05, 0.1) is 0 Å². The van der Waals surface area contributed by atoms with Crippen LogP contribution in [0.5, 0.6) is 0 Å². The topological polar surface area (TPSA) is 95.7 Å². The van der Waals surface area contributed by atoms with Gasteiger partial charge in [0, 0.05) is 19.1 Å². The van der Waals surface area contributed by atoms with Crippen LogP contribution in [0.4, 0.5) is 4.79 Å². The molecule has 0 radical (unpaired) electrons. The van der Waals surface area contributed by atoms with Crippen molar-refractivity contribution in [2.75, 3.05) is 19.6 Å². The summed E-state index contributed by atoms with van der Waals surface area (Å²) in [4.78, 5) is 38.4. The third kappa shape index (κ3) is 2.56. The average Bonchev–Trinajstić information content (AvgIpc) is 2.52. The Morgan fingerprint density at radius 3 is 2.68 bits per heavy atom. The van der Waals surface area contributed by atoms with Gasteiger partial charge in [-0.3, -0.25) is 14.9 Å². The fraction of sp³-hybridized carbons (Fsp3) is 0.750. The zero-order valence-electron chi connectivity index (χ0n) is 11.3. The summed E-state index contributed by atoms with van der Waals surface area (Å²) >= 11 is 0. The minimum absolute atomic E-state index is 0.000234. The molecule has 2 fully saturated rings. The van der Waals surface area contributed by atoms with E-state index >= 15 is 0 Å². The van der Waals surface area contributed by atoms with Crippen LogP contribution in [-0.2, 0) is 9.59 Å². The Morgan fingerprint density at radius 2 is 2.16 bits per heavy atom. The molecule has 106 valence electrons. The summed E-state index contributed by atoms with van der Waals surface area (Å²) in [6.45, 7) is 4.35. The molecule has 7 heteroatoms. The van der Waals surface area contributed by atoms with Crippen LogP contribution in [0.1, 0.15) is 26.7 Å². The van der Waals surface area contributed by atoms with Crippen molar-refractivity contribution < 1.29 is 14.4 Å². The number of hydrogen-bond acceptors (Lipinski definition) is 4. The second-order valence-electron chi connectivity index (χ2n) is 5.65. The molecule has 0 saturated carbocycles. The Labute approximate surface area is 112 Å². The van der Waals surface area contributed by atoms with Crippen LogP contribution < -0.4 is 11.1 Å². The van der Waals surface area contributed by atoms with Crippen LogP contribution in [0.15, 0.2) is 0 Å². The Morgan fingerprint density at radius 1 is 1.47 bits per heavy atom. The van der Waals surface area contributed by atoms with Gasteiger partial charge >= 0.3 is 6.03 Å². The summed E-state index contributed by atoms with van der Waals surface area (Å²) in [7, 11) is 0.